The molecule has 2 aromatic heterocycles. The van der Waals surface area contributed by atoms with Crippen LogP contribution in [0.5, 0.6) is 5.75 Å². The largest absolute Gasteiger partial charge is 0.462 e. The van der Waals surface area contributed by atoms with Gasteiger partial charge in [0.2, 0.25) is 0 Å². The Morgan fingerprint density at radius 1 is 1.02 bits per heavy atom. The number of esters is 3. The zero-order valence-corrected chi connectivity index (χ0v) is 24.5. The molecule has 4 aromatic rings. The SMILES string of the molecule is CCOC(=O)c1c(OC(=O)c2ccccc2)c2ncc(Cc3ccc(F)cc3C=CC(=O)OC(C)(C)C)cc2n(C)c1=O. The summed E-state index contributed by atoms with van der Waals surface area (Å²) in [5, 5.41) is 0. The van der Waals surface area contributed by atoms with Gasteiger partial charge in [0.25, 0.3) is 5.56 Å². The molecule has 0 radical (unpaired) electrons. The van der Waals surface area contributed by atoms with E-state index in [0.29, 0.717) is 22.2 Å². The predicted octanol–water partition coefficient (Wildman–Crippen LogP) is 5.41. The highest BCUT2D eigenvalue weighted by Crippen LogP contribution is 2.29. The van der Waals surface area contributed by atoms with Gasteiger partial charge in [0.05, 0.1) is 17.7 Å². The lowest BCUT2D eigenvalue weighted by molar-refractivity contribution is -0.148. The summed E-state index contributed by atoms with van der Waals surface area (Å²) in [6.45, 7) is 6.83. The zero-order chi connectivity index (χ0) is 31.3. The molecule has 2 aromatic carbocycles. The second-order valence-corrected chi connectivity index (χ2v) is 10.6. The van der Waals surface area contributed by atoms with Crippen LogP contribution < -0.4 is 10.3 Å². The van der Waals surface area contributed by atoms with E-state index in [1.54, 1.807) is 70.2 Å². The lowest BCUT2D eigenvalue weighted by atomic mass is 9.99. The molecule has 0 aliphatic rings. The van der Waals surface area contributed by atoms with E-state index in [4.69, 9.17) is 14.2 Å². The highest BCUT2D eigenvalue weighted by Gasteiger charge is 2.27. The fourth-order valence-corrected chi connectivity index (χ4v) is 4.32. The molecule has 0 bridgehead atoms. The van der Waals surface area contributed by atoms with E-state index in [1.165, 1.54) is 42.1 Å². The molecule has 0 spiro atoms. The molecule has 0 N–H and O–H groups in total. The number of aryl methyl sites for hydroxylation is 1. The number of aromatic nitrogens is 2. The van der Waals surface area contributed by atoms with Crippen molar-refractivity contribution in [3.8, 4) is 5.75 Å². The van der Waals surface area contributed by atoms with Gasteiger partial charge in [-0.25, -0.2) is 18.8 Å². The topological polar surface area (TPSA) is 114 Å². The van der Waals surface area contributed by atoms with Crippen molar-refractivity contribution >= 4 is 35.0 Å². The van der Waals surface area contributed by atoms with Gasteiger partial charge in [0.15, 0.2) is 11.3 Å². The maximum atomic E-state index is 14.1. The molecule has 43 heavy (non-hydrogen) atoms. The van der Waals surface area contributed by atoms with E-state index in [2.05, 4.69) is 4.98 Å². The number of halogens is 1. The predicted molar refractivity (Wildman–Crippen MR) is 158 cm³/mol. The smallest absolute Gasteiger partial charge is 0.347 e. The Bertz CT molecular complexity index is 1790. The van der Waals surface area contributed by atoms with E-state index >= 15 is 0 Å². The highest BCUT2D eigenvalue weighted by atomic mass is 19.1. The third-order valence-corrected chi connectivity index (χ3v) is 6.24. The molecule has 10 heteroatoms. The van der Waals surface area contributed by atoms with Crippen LogP contribution in [0.4, 0.5) is 4.39 Å². The Kier molecular flexibility index (Phi) is 9.18. The number of ether oxygens (including phenoxy) is 3. The molecular weight excluding hydrogens is 555 g/mol. The van der Waals surface area contributed by atoms with Crippen LogP contribution in [-0.4, -0.2) is 39.7 Å². The Morgan fingerprint density at radius 3 is 2.42 bits per heavy atom. The number of hydrogen-bond donors (Lipinski definition) is 0. The van der Waals surface area contributed by atoms with Crippen molar-refractivity contribution in [2.75, 3.05) is 6.61 Å². The van der Waals surface area contributed by atoms with Crippen molar-refractivity contribution in [2.45, 2.75) is 39.7 Å². The maximum Gasteiger partial charge on any atom is 0.347 e. The Labute approximate surface area is 247 Å². The minimum atomic E-state index is -0.945. The molecule has 0 aliphatic carbocycles. The summed E-state index contributed by atoms with van der Waals surface area (Å²) in [6, 6.07) is 14.0. The molecule has 4 rings (SSSR count). The Hall–Kier alpha value is -5.12. The monoisotopic (exact) mass is 586 g/mol. The second-order valence-electron chi connectivity index (χ2n) is 10.6. The average molecular weight is 587 g/mol. The van der Waals surface area contributed by atoms with Gasteiger partial charge in [-0.15, -0.1) is 0 Å². The van der Waals surface area contributed by atoms with Gasteiger partial charge in [0, 0.05) is 19.3 Å². The number of carbonyl (C=O) groups is 3. The molecule has 0 amide bonds. The van der Waals surface area contributed by atoms with Crippen LogP contribution >= 0.6 is 0 Å². The molecule has 9 nitrogen and oxygen atoms in total. The van der Waals surface area contributed by atoms with Gasteiger partial charge in [-0.3, -0.25) is 9.78 Å². The standard InChI is InChI=1S/C33H31FN2O7/c1-6-41-32(40)27-29(42-31(39)21-10-8-7-9-11-21)28-25(36(5)30(27)38)17-20(19-35-28)16-22-12-14-24(34)18-23(22)13-15-26(37)43-33(2,3)4/h7-15,17-19H,6,16H2,1-5H3. The quantitative estimate of drug-likeness (QED) is 0.199. The van der Waals surface area contributed by atoms with Crippen LogP contribution in [0.15, 0.2) is 71.7 Å². The molecular formula is C33H31FN2O7. The van der Waals surface area contributed by atoms with Crippen LogP contribution in [0.2, 0.25) is 0 Å². The average Bonchev–Trinajstić information content (AvgIpc) is 2.95. The van der Waals surface area contributed by atoms with Crippen LogP contribution in [0.1, 0.15) is 65.1 Å². The molecule has 0 atom stereocenters. The number of benzene rings is 2. The van der Waals surface area contributed by atoms with Crippen molar-refractivity contribution in [3.05, 3.63) is 111 Å². The van der Waals surface area contributed by atoms with Crippen molar-refractivity contribution < 1.29 is 33.0 Å². The van der Waals surface area contributed by atoms with Gasteiger partial charge >= 0.3 is 17.9 Å². The third kappa shape index (κ3) is 7.40. The van der Waals surface area contributed by atoms with Crippen molar-refractivity contribution in [1.29, 1.82) is 0 Å². The number of rotatable bonds is 8. The molecule has 0 saturated heterocycles. The fourth-order valence-electron chi connectivity index (χ4n) is 4.32. The number of carbonyl (C=O) groups excluding carboxylic acids is 3. The summed E-state index contributed by atoms with van der Waals surface area (Å²) in [4.78, 5) is 55.9. The number of fused-ring (bicyclic) bond motifs is 1. The maximum absolute atomic E-state index is 14.1. The van der Waals surface area contributed by atoms with Crippen molar-refractivity contribution in [1.82, 2.24) is 9.55 Å². The zero-order valence-electron chi connectivity index (χ0n) is 24.5. The van der Waals surface area contributed by atoms with Crippen LogP contribution in [-0.2, 0) is 27.7 Å². The van der Waals surface area contributed by atoms with E-state index < -0.39 is 40.4 Å². The summed E-state index contributed by atoms with van der Waals surface area (Å²) < 4.78 is 31.4. The summed E-state index contributed by atoms with van der Waals surface area (Å²) >= 11 is 0. The van der Waals surface area contributed by atoms with Gasteiger partial charge in [-0.05, 0) is 87.2 Å². The van der Waals surface area contributed by atoms with Gasteiger partial charge < -0.3 is 18.8 Å². The summed E-state index contributed by atoms with van der Waals surface area (Å²) in [7, 11) is 1.47. The minimum Gasteiger partial charge on any atom is -0.462 e. The van der Waals surface area contributed by atoms with E-state index in [9.17, 15) is 23.6 Å². The molecule has 222 valence electrons. The van der Waals surface area contributed by atoms with Crippen molar-refractivity contribution in [3.63, 3.8) is 0 Å². The summed E-state index contributed by atoms with van der Waals surface area (Å²) in [6.07, 6.45) is 4.47. The lowest BCUT2D eigenvalue weighted by Gasteiger charge is -2.18. The Balaban J connectivity index is 1.77. The van der Waals surface area contributed by atoms with Gasteiger partial charge in [-0.1, -0.05) is 24.3 Å². The Morgan fingerprint density at radius 2 is 1.74 bits per heavy atom. The second kappa shape index (κ2) is 12.8. The molecule has 0 unspecified atom stereocenters. The first-order valence-corrected chi connectivity index (χ1v) is 13.5. The van der Waals surface area contributed by atoms with Crippen LogP contribution in [0.25, 0.3) is 17.1 Å². The highest BCUT2D eigenvalue weighted by molar-refractivity contribution is 6.01. The molecule has 0 aliphatic heterocycles. The minimum absolute atomic E-state index is 0.000833. The number of hydrogen-bond acceptors (Lipinski definition) is 8. The first-order valence-electron chi connectivity index (χ1n) is 13.5. The number of pyridine rings is 2. The van der Waals surface area contributed by atoms with Gasteiger partial charge in [0.1, 0.15) is 16.9 Å². The van der Waals surface area contributed by atoms with E-state index in [0.717, 1.165) is 0 Å². The molecule has 0 saturated carbocycles. The fraction of sp³-hybridized carbons (Fsp3) is 0.242. The van der Waals surface area contributed by atoms with E-state index in [-0.39, 0.29) is 29.9 Å². The van der Waals surface area contributed by atoms with Crippen LogP contribution in [0.3, 0.4) is 0 Å². The van der Waals surface area contributed by atoms with Crippen LogP contribution in [0, 0.1) is 5.82 Å². The van der Waals surface area contributed by atoms with Crippen molar-refractivity contribution in [2.24, 2.45) is 7.05 Å². The third-order valence-electron chi connectivity index (χ3n) is 6.24. The molecule has 0 fully saturated rings. The first-order chi connectivity index (χ1) is 20.4. The summed E-state index contributed by atoms with van der Waals surface area (Å²) in [5.74, 6) is -3.08. The normalized spacial score (nSPS) is 11.5. The lowest BCUT2D eigenvalue weighted by Crippen LogP contribution is -2.28. The van der Waals surface area contributed by atoms with Gasteiger partial charge in [-0.2, -0.15) is 0 Å². The molecule has 2 heterocycles. The summed E-state index contributed by atoms with van der Waals surface area (Å²) in [5.41, 5.74) is 0.498. The van der Waals surface area contributed by atoms with E-state index in [1.807, 2.05) is 0 Å². The first kappa shape index (κ1) is 30.8. The number of nitrogens with zero attached hydrogens (tertiary/aromatic N) is 2.